The second-order valence-corrected chi connectivity index (χ2v) is 11.4. The van der Waals surface area contributed by atoms with Gasteiger partial charge in [0.05, 0.1) is 25.0 Å². The fraction of sp³-hybridized carbons (Fsp3) is 0.205. The summed E-state index contributed by atoms with van der Waals surface area (Å²) in [6.07, 6.45) is 10.4. The Morgan fingerprint density at radius 3 is 1.77 bits per heavy atom. The van der Waals surface area contributed by atoms with Crippen LogP contribution < -0.4 is 0 Å². The molecule has 5 nitrogen and oxygen atoms in total. The molecule has 5 aromatic rings. The van der Waals surface area contributed by atoms with Crippen LogP contribution in [-0.4, -0.2) is 28.4 Å². The number of allylic oxidation sites excluding steroid dienone is 1. The molecule has 1 heterocycles. The van der Waals surface area contributed by atoms with E-state index < -0.39 is 5.54 Å². The largest absolute Gasteiger partial charge is 0.469 e. The van der Waals surface area contributed by atoms with E-state index in [0.29, 0.717) is 25.7 Å². The zero-order chi connectivity index (χ0) is 30.4. The molecule has 0 bridgehead atoms. The van der Waals surface area contributed by atoms with E-state index in [1.165, 1.54) is 7.11 Å². The Morgan fingerprint density at radius 1 is 0.727 bits per heavy atom. The summed E-state index contributed by atoms with van der Waals surface area (Å²) in [5, 5.41) is 0. The first kappa shape index (κ1) is 29.1. The minimum absolute atomic E-state index is 0.0678. The minimum atomic E-state index is -0.654. The lowest BCUT2D eigenvalue weighted by Gasteiger charge is -2.37. The highest BCUT2D eigenvalue weighted by molar-refractivity contribution is 5.96. The van der Waals surface area contributed by atoms with Gasteiger partial charge in [-0.25, -0.2) is 4.98 Å². The van der Waals surface area contributed by atoms with Crippen LogP contribution in [0.25, 0.3) is 17.3 Å². The third-order valence-corrected chi connectivity index (χ3v) is 8.87. The zero-order valence-electron chi connectivity index (χ0n) is 24.9. The number of carbonyl (C=O) groups is 2. The molecule has 0 atom stereocenters. The fourth-order valence-corrected chi connectivity index (χ4v) is 6.59. The molecule has 5 heteroatoms. The van der Waals surface area contributed by atoms with Crippen molar-refractivity contribution in [2.45, 2.75) is 31.2 Å². The van der Waals surface area contributed by atoms with Crippen molar-refractivity contribution in [3.63, 3.8) is 0 Å². The number of ether oxygens (including phenoxy) is 1. The molecule has 0 saturated heterocycles. The van der Waals surface area contributed by atoms with Crippen LogP contribution in [0.15, 0.2) is 134 Å². The van der Waals surface area contributed by atoms with Crippen LogP contribution in [0.1, 0.15) is 47.9 Å². The minimum Gasteiger partial charge on any atom is -0.469 e. The number of carbonyl (C=O) groups excluding carboxylic acids is 2. The van der Waals surface area contributed by atoms with Gasteiger partial charge < -0.3 is 9.30 Å². The van der Waals surface area contributed by atoms with Gasteiger partial charge in [-0.15, -0.1) is 0 Å². The molecule has 1 fully saturated rings. The first-order chi connectivity index (χ1) is 21.6. The van der Waals surface area contributed by atoms with Gasteiger partial charge in [0, 0.05) is 17.7 Å². The van der Waals surface area contributed by atoms with Gasteiger partial charge in [-0.3, -0.25) is 9.59 Å². The van der Waals surface area contributed by atoms with Gasteiger partial charge in [0.2, 0.25) is 0 Å². The smallest absolute Gasteiger partial charge is 0.308 e. The van der Waals surface area contributed by atoms with Crippen molar-refractivity contribution in [2.24, 2.45) is 11.8 Å². The first-order valence-corrected chi connectivity index (χ1v) is 15.2. The molecule has 220 valence electrons. The third-order valence-electron chi connectivity index (χ3n) is 8.87. The SMILES string of the molecule is COC(=O)C1CCC(C(=O)/C=C/c2ccccc2-c2cn(C(c3ccccc3)(c3ccccc3)c3ccccc3)cn2)CC1. The van der Waals surface area contributed by atoms with Gasteiger partial charge in [0.25, 0.3) is 0 Å². The van der Waals surface area contributed by atoms with Crippen molar-refractivity contribution in [3.05, 3.63) is 156 Å². The number of esters is 1. The van der Waals surface area contributed by atoms with Crippen molar-refractivity contribution in [1.82, 2.24) is 9.55 Å². The van der Waals surface area contributed by atoms with Crippen LogP contribution in [0.4, 0.5) is 0 Å². The average molecular weight is 581 g/mol. The van der Waals surface area contributed by atoms with Crippen LogP contribution in [-0.2, 0) is 19.9 Å². The van der Waals surface area contributed by atoms with Crippen LogP contribution in [0.5, 0.6) is 0 Å². The third kappa shape index (κ3) is 5.66. The average Bonchev–Trinajstić information content (AvgIpc) is 3.59. The number of ketones is 1. The predicted octanol–water partition coefficient (Wildman–Crippen LogP) is 7.95. The molecule has 44 heavy (non-hydrogen) atoms. The van der Waals surface area contributed by atoms with Crippen LogP contribution in [0.2, 0.25) is 0 Å². The molecule has 1 aromatic heterocycles. The van der Waals surface area contributed by atoms with Crippen molar-refractivity contribution < 1.29 is 14.3 Å². The molecular formula is C39H36N2O3. The van der Waals surface area contributed by atoms with Gasteiger partial charge in [-0.1, -0.05) is 121 Å². The van der Waals surface area contributed by atoms with E-state index in [0.717, 1.165) is 33.5 Å². The summed E-state index contributed by atoms with van der Waals surface area (Å²) in [6, 6.07) is 39.6. The highest BCUT2D eigenvalue weighted by Gasteiger charge is 2.38. The molecule has 1 saturated carbocycles. The maximum Gasteiger partial charge on any atom is 0.308 e. The van der Waals surface area contributed by atoms with Gasteiger partial charge in [0.1, 0.15) is 5.54 Å². The van der Waals surface area contributed by atoms with Crippen molar-refractivity contribution in [1.29, 1.82) is 0 Å². The first-order valence-electron chi connectivity index (χ1n) is 15.2. The Bertz CT molecular complexity index is 1640. The molecule has 4 aromatic carbocycles. The molecule has 0 N–H and O–H groups in total. The second-order valence-electron chi connectivity index (χ2n) is 11.4. The number of nitrogens with zero attached hydrogens (tertiary/aromatic N) is 2. The van der Waals surface area contributed by atoms with Gasteiger partial charge >= 0.3 is 5.97 Å². The molecule has 0 unspecified atom stereocenters. The predicted molar refractivity (Wildman–Crippen MR) is 174 cm³/mol. The van der Waals surface area contributed by atoms with E-state index in [1.807, 2.05) is 54.9 Å². The topological polar surface area (TPSA) is 61.2 Å². The number of methoxy groups -OCH3 is 1. The van der Waals surface area contributed by atoms with E-state index in [2.05, 4.69) is 83.6 Å². The molecule has 1 aliphatic carbocycles. The van der Waals surface area contributed by atoms with Crippen molar-refractivity contribution in [2.75, 3.05) is 7.11 Å². The summed E-state index contributed by atoms with van der Waals surface area (Å²) in [7, 11) is 1.42. The quantitative estimate of drug-likeness (QED) is 0.101. The number of imidazole rings is 1. The lowest BCUT2D eigenvalue weighted by molar-refractivity contribution is -0.147. The Hall–Kier alpha value is -5.03. The lowest BCUT2D eigenvalue weighted by atomic mass is 9.77. The summed E-state index contributed by atoms with van der Waals surface area (Å²) >= 11 is 0. The number of hydrogen-bond donors (Lipinski definition) is 0. The maximum atomic E-state index is 13.1. The van der Waals surface area contributed by atoms with E-state index >= 15 is 0 Å². The molecule has 0 amide bonds. The Balaban J connectivity index is 1.36. The number of rotatable bonds is 9. The normalized spacial score (nSPS) is 16.9. The van der Waals surface area contributed by atoms with Crippen LogP contribution >= 0.6 is 0 Å². The molecule has 0 aliphatic heterocycles. The number of aromatic nitrogens is 2. The Kier molecular flexibility index (Phi) is 8.64. The second kappa shape index (κ2) is 13.1. The Labute approximate surface area is 258 Å². The van der Waals surface area contributed by atoms with Gasteiger partial charge in [-0.2, -0.15) is 0 Å². The standard InChI is InChI=1S/C39H36N2O3/c1-44-38(43)31-23-21-30(22-24-31)37(42)26-25-29-13-11-12-20-35(29)36-27-41(28-40-36)39(32-14-5-2-6-15-32,33-16-7-3-8-17-33)34-18-9-4-10-19-34/h2-20,25-28,30-31H,21-24H2,1H3/b26-25+. The molecule has 0 radical (unpaired) electrons. The lowest BCUT2D eigenvalue weighted by Crippen LogP contribution is -2.36. The Morgan fingerprint density at radius 2 is 1.23 bits per heavy atom. The van der Waals surface area contributed by atoms with E-state index in [9.17, 15) is 9.59 Å². The van der Waals surface area contributed by atoms with Gasteiger partial charge in [-0.05, 0) is 54.0 Å². The zero-order valence-corrected chi connectivity index (χ0v) is 24.9. The summed E-state index contributed by atoms with van der Waals surface area (Å²) in [4.78, 5) is 30.0. The van der Waals surface area contributed by atoms with Gasteiger partial charge in [0.15, 0.2) is 5.78 Å². The monoisotopic (exact) mass is 580 g/mol. The highest BCUT2D eigenvalue weighted by atomic mass is 16.5. The molecular weight excluding hydrogens is 544 g/mol. The van der Waals surface area contributed by atoms with E-state index in [4.69, 9.17) is 9.72 Å². The van der Waals surface area contributed by atoms with Crippen LogP contribution in [0.3, 0.4) is 0 Å². The van der Waals surface area contributed by atoms with E-state index in [-0.39, 0.29) is 23.6 Å². The summed E-state index contributed by atoms with van der Waals surface area (Å²) in [5.74, 6) is -0.235. The maximum absolute atomic E-state index is 13.1. The summed E-state index contributed by atoms with van der Waals surface area (Å²) < 4.78 is 7.10. The number of benzene rings is 4. The number of hydrogen-bond acceptors (Lipinski definition) is 4. The van der Waals surface area contributed by atoms with E-state index in [1.54, 1.807) is 6.08 Å². The van der Waals surface area contributed by atoms with Crippen molar-refractivity contribution in [3.8, 4) is 11.3 Å². The van der Waals surface area contributed by atoms with Crippen molar-refractivity contribution >= 4 is 17.8 Å². The van der Waals surface area contributed by atoms with Crippen LogP contribution in [0, 0.1) is 11.8 Å². The molecule has 6 rings (SSSR count). The molecule has 1 aliphatic rings. The summed E-state index contributed by atoms with van der Waals surface area (Å²) in [5.41, 5.74) is 5.43. The highest BCUT2D eigenvalue weighted by Crippen LogP contribution is 2.41. The fourth-order valence-electron chi connectivity index (χ4n) is 6.59. The summed E-state index contributed by atoms with van der Waals surface area (Å²) in [6.45, 7) is 0. The molecule has 0 spiro atoms.